The molecule has 3 aromatic rings. The van der Waals surface area contributed by atoms with E-state index < -0.39 is 29.7 Å². The summed E-state index contributed by atoms with van der Waals surface area (Å²) < 4.78 is 0. The van der Waals surface area contributed by atoms with Gasteiger partial charge in [0.2, 0.25) is 0 Å². The number of carbonyl (C=O) groups is 4. The zero-order valence-electron chi connectivity index (χ0n) is 20.0. The van der Waals surface area contributed by atoms with Gasteiger partial charge in [0.1, 0.15) is 0 Å². The van der Waals surface area contributed by atoms with E-state index >= 15 is 0 Å². The smallest absolute Gasteiger partial charge is 0.265 e. The van der Waals surface area contributed by atoms with Gasteiger partial charge < -0.3 is 10.2 Å². The highest BCUT2D eigenvalue weighted by molar-refractivity contribution is 6.39. The third kappa shape index (κ3) is 3.37. The number of hydrogen-bond donors (Lipinski definition) is 2. The second-order valence-electron chi connectivity index (χ2n) is 9.27. The van der Waals surface area contributed by atoms with Crippen molar-refractivity contribution >= 4 is 40.1 Å². The van der Waals surface area contributed by atoms with Crippen molar-refractivity contribution in [2.45, 2.75) is 32.7 Å². The van der Waals surface area contributed by atoms with Gasteiger partial charge in [-0.3, -0.25) is 24.1 Å². The summed E-state index contributed by atoms with van der Waals surface area (Å²) >= 11 is 0. The Labute approximate surface area is 207 Å². The molecule has 3 aromatic carbocycles. The number of aliphatic hydroxyl groups is 2. The zero-order chi connectivity index (χ0) is 25.7. The van der Waals surface area contributed by atoms with Crippen LogP contribution in [0.2, 0.25) is 0 Å². The Hall–Kier alpha value is -3.88. The van der Waals surface area contributed by atoms with Gasteiger partial charge in [-0.05, 0) is 54.3 Å². The molecule has 0 fully saturated rings. The van der Waals surface area contributed by atoms with Crippen LogP contribution in [-0.4, -0.2) is 58.0 Å². The first-order chi connectivity index (χ1) is 17.3. The van der Waals surface area contributed by atoms with Crippen LogP contribution in [0.3, 0.4) is 0 Å². The van der Waals surface area contributed by atoms with Crippen LogP contribution in [0, 0.1) is 5.92 Å². The molecule has 2 aliphatic rings. The predicted molar refractivity (Wildman–Crippen MR) is 133 cm³/mol. The van der Waals surface area contributed by atoms with Crippen molar-refractivity contribution in [3.8, 4) is 0 Å². The van der Waals surface area contributed by atoms with Gasteiger partial charge in [0.15, 0.2) is 0 Å². The van der Waals surface area contributed by atoms with E-state index in [0.29, 0.717) is 29.3 Å². The van der Waals surface area contributed by atoms with E-state index in [2.05, 4.69) is 0 Å². The first kappa shape index (κ1) is 23.8. The second kappa shape index (κ2) is 8.96. The molecule has 8 nitrogen and oxygen atoms in total. The minimum atomic E-state index is -0.682. The number of imide groups is 2. The number of hydrogen-bond acceptors (Lipinski definition) is 6. The SMILES string of the molecule is CCC(C)C(CO)N1C(=O)c2ccc3c4c(ccc(c24)C1=O)C(=O)N(c1ccc(CCO)cc1)C3=O. The maximum absolute atomic E-state index is 13.5. The van der Waals surface area contributed by atoms with Crippen LogP contribution < -0.4 is 4.90 Å². The molecule has 0 radical (unpaired) electrons. The van der Waals surface area contributed by atoms with Crippen molar-refractivity contribution in [2.24, 2.45) is 5.92 Å². The van der Waals surface area contributed by atoms with Crippen LogP contribution in [0.25, 0.3) is 10.8 Å². The van der Waals surface area contributed by atoms with Crippen LogP contribution in [0.5, 0.6) is 0 Å². The molecule has 4 amide bonds. The van der Waals surface area contributed by atoms with Crippen molar-refractivity contribution in [3.05, 3.63) is 76.3 Å². The summed E-state index contributed by atoms with van der Waals surface area (Å²) in [7, 11) is 0. The first-order valence-electron chi connectivity index (χ1n) is 12.0. The molecule has 2 atom stereocenters. The number of aliphatic hydroxyl groups excluding tert-OH is 2. The quantitative estimate of drug-likeness (QED) is 0.496. The van der Waals surface area contributed by atoms with Gasteiger partial charge >= 0.3 is 0 Å². The predicted octanol–water partition coefficient (Wildman–Crippen LogP) is 3.18. The second-order valence-corrected chi connectivity index (χ2v) is 9.27. The molecule has 36 heavy (non-hydrogen) atoms. The minimum Gasteiger partial charge on any atom is -0.396 e. The van der Waals surface area contributed by atoms with E-state index in [-0.39, 0.29) is 41.4 Å². The van der Waals surface area contributed by atoms with Gasteiger partial charge in [0.25, 0.3) is 23.6 Å². The third-order valence-corrected chi connectivity index (χ3v) is 7.34. The van der Waals surface area contributed by atoms with E-state index in [1.807, 2.05) is 13.8 Å². The lowest BCUT2D eigenvalue weighted by molar-refractivity contribution is 0.0390. The molecule has 2 N–H and O–H groups in total. The third-order valence-electron chi connectivity index (χ3n) is 7.34. The lowest BCUT2D eigenvalue weighted by Gasteiger charge is -2.37. The van der Waals surface area contributed by atoms with E-state index in [9.17, 15) is 24.3 Å². The summed E-state index contributed by atoms with van der Waals surface area (Å²) in [5.41, 5.74) is 2.20. The topological polar surface area (TPSA) is 115 Å². The molecule has 0 spiro atoms. The molecule has 2 aliphatic heterocycles. The zero-order valence-corrected chi connectivity index (χ0v) is 20.0. The molecule has 2 heterocycles. The fraction of sp³-hybridized carbons (Fsp3) is 0.286. The van der Waals surface area contributed by atoms with Crippen LogP contribution in [0.4, 0.5) is 5.69 Å². The highest BCUT2D eigenvalue weighted by atomic mass is 16.3. The summed E-state index contributed by atoms with van der Waals surface area (Å²) in [6, 6.07) is 12.2. The van der Waals surface area contributed by atoms with Crippen molar-refractivity contribution in [1.29, 1.82) is 0 Å². The normalized spacial score (nSPS) is 16.7. The molecule has 184 valence electrons. The largest absolute Gasteiger partial charge is 0.396 e. The summed E-state index contributed by atoms with van der Waals surface area (Å²) in [6.45, 7) is 3.43. The Morgan fingerprint density at radius 1 is 0.722 bits per heavy atom. The van der Waals surface area contributed by atoms with Crippen molar-refractivity contribution < 1.29 is 29.4 Å². The van der Waals surface area contributed by atoms with E-state index in [1.54, 1.807) is 24.3 Å². The number of amides is 4. The number of benzene rings is 3. The average molecular weight is 487 g/mol. The molecular weight excluding hydrogens is 460 g/mol. The van der Waals surface area contributed by atoms with E-state index in [0.717, 1.165) is 15.4 Å². The number of anilines is 1. The summed E-state index contributed by atoms with van der Waals surface area (Å²) in [4.78, 5) is 56.2. The first-order valence-corrected chi connectivity index (χ1v) is 12.0. The van der Waals surface area contributed by atoms with Crippen molar-refractivity contribution in [3.63, 3.8) is 0 Å². The maximum atomic E-state index is 13.5. The lowest BCUT2D eigenvalue weighted by Crippen LogP contribution is -2.51. The van der Waals surface area contributed by atoms with Crippen molar-refractivity contribution in [1.82, 2.24) is 4.90 Å². The Kier molecular flexibility index (Phi) is 5.94. The Morgan fingerprint density at radius 3 is 1.61 bits per heavy atom. The van der Waals surface area contributed by atoms with Gasteiger partial charge in [-0.25, -0.2) is 4.90 Å². The average Bonchev–Trinajstić information content (AvgIpc) is 2.89. The van der Waals surface area contributed by atoms with E-state index in [4.69, 9.17) is 5.11 Å². The summed E-state index contributed by atoms with van der Waals surface area (Å²) in [5.74, 6) is -2.28. The fourth-order valence-corrected chi connectivity index (χ4v) is 5.16. The molecule has 0 saturated carbocycles. The molecular formula is C28H26N2O6. The van der Waals surface area contributed by atoms with Crippen LogP contribution in [0.1, 0.15) is 67.3 Å². The fourth-order valence-electron chi connectivity index (χ4n) is 5.16. The van der Waals surface area contributed by atoms with Gasteiger partial charge in [0, 0.05) is 39.6 Å². The van der Waals surface area contributed by atoms with Crippen molar-refractivity contribution in [2.75, 3.05) is 18.1 Å². The Bertz CT molecular complexity index is 1360. The highest BCUT2D eigenvalue weighted by Crippen LogP contribution is 2.40. The molecule has 0 aromatic heterocycles. The highest BCUT2D eigenvalue weighted by Gasteiger charge is 2.42. The van der Waals surface area contributed by atoms with Crippen LogP contribution in [0.15, 0.2) is 48.5 Å². The standard InChI is InChI=1S/C28H26N2O6/c1-3-15(2)22(14-32)30-27(35)20-10-8-18-23-19(9-11-21(24(20)23)28(30)36)26(34)29(25(18)33)17-6-4-16(5-7-17)12-13-31/h4-11,15,22,31-32H,3,12-14H2,1-2H3. The monoisotopic (exact) mass is 486 g/mol. The maximum Gasteiger partial charge on any atom is 0.265 e. The summed E-state index contributed by atoms with van der Waals surface area (Å²) in [6.07, 6.45) is 1.13. The van der Waals surface area contributed by atoms with Gasteiger partial charge in [0.05, 0.1) is 18.3 Å². The lowest BCUT2D eigenvalue weighted by atomic mass is 9.84. The molecule has 5 rings (SSSR count). The molecule has 2 unspecified atom stereocenters. The van der Waals surface area contributed by atoms with Gasteiger partial charge in [-0.15, -0.1) is 0 Å². The van der Waals surface area contributed by atoms with Crippen LogP contribution >= 0.6 is 0 Å². The Balaban J connectivity index is 1.64. The van der Waals surface area contributed by atoms with E-state index in [1.165, 1.54) is 24.3 Å². The van der Waals surface area contributed by atoms with Crippen LogP contribution in [-0.2, 0) is 6.42 Å². The molecule has 0 saturated heterocycles. The summed E-state index contributed by atoms with van der Waals surface area (Å²) in [5, 5.41) is 19.7. The molecule has 8 heteroatoms. The molecule has 0 bridgehead atoms. The Morgan fingerprint density at radius 2 is 1.19 bits per heavy atom. The number of nitrogens with zero attached hydrogens (tertiary/aromatic N) is 2. The minimum absolute atomic E-state index is 0.00770. The number of rotatable bonds is 7. The van der Waals surface area contributed by atoms with Gasteiger partial charge in [-0.1, -0.05) is 32.4 Å². The number of carbonyl (C=O) groups excluding carboxylic acids is 4. The molecule has 0 aliphatic carbocycles. The van der Waals surface area contributed by atoms with Gasteiger partial charge in [-0.2, -0.15) is 0 Å².